The Kier molecular flexibility index (Phi) is 8.35. The molecule has 200 valence electrons. The fourth-order valence-corrected chi connectivity index (χ4v) is 4.44. The minimum atomic E-state index is -0.0106. The second kappa shape index (κ2) is 12.4. The molecule has 5 nitrogen and oxygen atoms in total. The van der Waals surface area contributed by atoms with Gasteiger partial charge in [0.25, 0.3) is 0 Å². The molecule has 0 radical (unpaired) electrons. The molecule has 0 atom stereocenters. The SMILES string of the molecule is Cc1ccc(N(c2ccc(C)cc2)c2ccc(/C=N/N(c3ccc(CO)cc3)c3ccc(CO)cc3)cc2)cc1. The molecular weight excluding hydrogens is 494 g/mol. The number of nitrogens with zero attached hydrogens (tertiary/aromatic N) is 3. The second-order valence-electron chi connectivity index (χ2n) is 9.80. The summed E-state index contributed by atoms with van der Waals surface area (Å²) in [6, 6.07) is 40.8. The van der Waals surface area contributed by atoms with Gasteiger partial charge in [0, 0.05) is 17.1 Å². The van der Waals surface area contributed by atoms with Gasteiger partial charge < -0.3 is 15.1 Å². The van der Waals surface area contributed by atoms with Crippen LogP contribution in [0.15, 0.2) is 126 Å². The van der Waals surface area contributed by atoms with Crippen molar-refractivity contribution >= 4 is 34.7 Å². The third-order valence-electron chi connectivity index (χ3n) is 6.78. The molecule has 0 aromatic heterocycles. The summed E-state index contributed by atoms with van der Waals surface area (Å²) in [6.07, 6.45) is 1.84. The standard InChI is InChI=1S/C35H33N3O2/c1-26-3-13-31(14-4-26)37(32-15-5-27(2)6-16-32)33-17-7-28(8-18-33)23-36-38(34-19-9-29(24-39)10-20-34)35-21-11-30(25-40)12-22-35/h3-23,39-40H,24-25H2,1-2H3/b36-23+. The van der Waals surface area contributed by atoms with Gasteiger partial charge in [0.1, 0.15) is 0 Å². The van der Waals surface area contributed by atoms with E-state index in [0.717, 1.165) is 45.1 Å². The molecule has 5 aromatic carbocycles. The minimum absolute atomic E-state index is 0.0106. The molecule has 0 amide bonds. The van der Waals surface area contributed by atoms with Crippen LogP contribution in [0.1, 0.15) is 27.8 Å². The van der Waals surface area contributed by atoms with Crippen molar-refractivity contribution in [2.24, 2.45) is 5.10 Å². The highest BCUT2D eigenvalue weighted by atomic mass is 16.3. The zero-order chi connectivity index (χ0) is 27.9. The van der Waals surface area contributed by atoms with E-state index in [1.807, 2.05) is 59.8 Å². The molecule has 5 aromatic rings. The van der Waals surface area contributed by atoms with Gasteiger partial charge in [0.15, 0.2) is 0 Å². The monoisotopic (exact) mass is 527 g/mol. The maximum Gasteiger partial charge on any atom is 0.0681 e. The number of hydrogen-bond donors (Lipinski definition) is 2. The molecule has 0 saturated heterocycles. The lowest BCUT2D eigenvalue weighted by Gasteiger charge is -2.26. The third-order valence-corrected chi connectivity index (χ3v) is 6.78. The van der Waals surface area contributed by atoms with Crippen LogP contribution in [-0.2, 0) is 13.2 Å². The molecule has 2 N–H and O–H groups in total. The second-order valence-corrected chi connectivity index (χ2v) is 9.80. The maximum absolute atomic E-state index is 9.45. The molecule has 40 heavy (non-hydrogen) atoms. The van der Waals surface area contributed by atoms with E-state index in [9.17, 15) is 10.2 Å². The Labute approximate surface area is 235 Å². The fraction of sp³-hybridized carbons (Fsp3) is 0.114. The average Bonchev–Trinajstić information content (AvgIpc) is 3.00. The Morgan fingerprint density at radius 3 is 1.23 bits per heavy atom. The largest absolute Gasteiger partial charge is 0.392 e. The van der Waals surface area contributed by atoms with Crippen molar-refractivity contribution in [3.8, 4) is 0 Å². The van der Waals surface area contributed by atoms with Gasteiger partial charge >= 0.3 is 0 Å². The van der Waals surface area contributed by atoms with Gasteiger partial charge in [-0.3, -0.25) is 0 Å². The lowest BCUT2D eigenvalue weighted by atomic mass is 10.1. The van der Waals surface area contributed by atoms with Gasteiger partial charge in [-0.15, -0.1) is 0 Å². The first-order valence-corrected chi connectivity index (χ1v) is 13.3. The molecule has 0 aliphatic carbocycles. The zero-order valence-electron chi connectivity index (χ0n) is 22.8. The molecular formula is C35H33N3O2. The number of hydrogen-bond acceptors (Lipinski definition) is 5. The van der Waals surface area contributed by atoms with Crippen LogP contribution in [0.2, 0.25) is 0 Å². The molecule has 0 spiro atoms. The van der Waals surface area contributed by atoms with Crippen molar-refractivity contribution < 1.29 is 10.2 Å². The van der Waals surface area contributed by atoms with Crippen molar-refractivity contribution in [3.63, 3.8) is 0 Å². The van der Waals surface area contributed by atoms with Crippen LogP contribution in [-0.4, -0.2) is 16.4 Å². The minimum Gasteiger partial charge on any atom is -0.392 e. The Morgan fingerprint density at radius 2 is 0.850 bits per heavy atom. The summed E-state index contributed by atoms with van der Waals surface area (Å²) >= 11 is 0. The lowest BCUT2D eigenvalue weighted by Crippen LogP contribution is -2.11. The predicted octanol–water partition coefficient (Wildman–Crippen LogP) is 7.93. The number of benzene rings is 5. The zero-order valence-corrected chi connectivity index (χ0v) is 22.8. The molecule has 0 heterocycles. The summed E-state index contributed by atoms with van der Waals surface area (Å²) in [5.74, 6) is 0. The van der Waals surface area contributed by atoms with Crippen LogP contribution < -0.4 is 9.91 Å². The average molecular weight is 528 g/mol. The highest BCUT2D eigenvalue weighted by molar-refractivity contribution is 5.84. The number of hydrazone groups is 1. The van der Waals surface area contributed by atoms with E-state index >= 15 is 0 Å². The quantitative estimate of drug-likeness (QED) is 0.151. The molecule has 0 aliphatic rings. The van der Waals surface area contributed by atoms with Gasteiger partial charge in [-0.2, -0.15) is 5.10 Å². The first-order chi connectivity index (χ1) is 19.5. The molecule has 0 saturated carbocycles. The van der Waals surface area contributed by atoms with Crippen LogP contribution in [0.4, 0.5) is 28.4 Å². The summed E-state index contributed by atoms with van der Waals surface area (Å²) in [5.41, 5.74) is 10.1. The normalized spacial score (nSPS) is 11.1. The van der Waals surface area contributed by atoms with E-state index in [-0.39, 0.29) is 13.2 Å². The fourth-order valence-electron chi connectivity index (χ4n) is 4.44. The van der Waals surface area contributed by atoms with Gasteiger partial charge in [-0.25, -0.2) is 5.01 Å². The molecule has 0 fully saturated rings. The molecule has 5 heteroatoms. The van der Waals surface area contributed by atoms with E-state index in [1.165, 1.54) is 11.1 Å². The first kappa shape index (κ1) is 26.9. The number of aliphatic hydroxyl groups excluding tert-OH is 2. The topological polar surface area (TPSA) is 59.3 Å². The summed E-state index contributed by atoms with van der Waals surface area (Å²) in [7, 11) is 0. The number of anilines is 5. The van der Waals surface area contributed by atoms with Crippen LogP contribution in [0.5, 0.6) is 0 Å². The highest BCUT2D eigenvalue weighted by Gasteiger charge is 2.13. The molecule has 0 bridgehead atoms. The van der Waals surface area contributed by atoms with Crippen molar-refractivity contribution in [1.82, 2.24) is 0 Å². The van der Waals surface area contributed by atoms with Crippen LogP contribution >= 0.6 is 0 Å². The number of aryl methyl sites for hydroxylation is 2. The summed E-state index contributed by atoms with van der Waals surface area (Å²) in [4.78, 5) is 2.25. The van der Waals surface area contributed by atoms with Crippen molar-refractivity contribution in [1.29, 1.82) is 0 Å². The van der Waals surface area contributed by atoms with Crippen LogP contribution in [0, 0.1) is 13.8 Å². The van der Waals surface area contributed by atoms with E-state index in [0.29, 0.717) is 0 Å². The highest BCUT2D eigenvalue weighted by Crippen LogP contribution is 2.35. The van der Waals surface area contributed by atoms with Gasteiger partial charge in [-0.05, 0) is 91.2 Å². The van der Waals surface area contributed by atoms with Crippen molar-refractivity contribution in [3.05, 3.63) is 149 Å². The maximum atomic E-state index is 9.45. The number of aliphatic hydroxyl groups is 2. The molecule has 5 rings (SSSR count). The Bertz CT molecular complexity index is 1450. The van der Waals surface area contributed by atoms with Gasteiger partial charge in [0.05, 0.1) is 30.8 Å². The summed E-state index contributed by atoms with van der Waals surface area (Å²) < 4.78 is 0. The van der Waals surface area contributed by atoms with E-state index < -0.39 is 0 Å². The smallest absolute Gasteiger partial charge is 0.0681 e. The van der Waals surface area contributed by atoms with Crippen LogP contribution in [0.3, 0.4) is 0 Å². The lowest BCUT2D eigenvalue weighted by molar-refractivity contribution is 0.281. The van der Waals surface area contributed by atoms with Gasteiger partial charge in [0.2, 0.25) is 0 Å². The predicted molar refractivity (Wildman–Crippen MR) is 165 cm³/mol. The first-order valence-electron chi connectivity index (χ1n) is 13.3. The van der Waals surface area contributed by atoms with Gasteiger partial charge in [-0.1, -0.05) is 71.8 Å². The Morgan fingerprint density at radius 1 is 0.500 bits per heavy atom. The third kappa shape index (κ3) is 6.29. The van der Waals surface area contributed by atoms with E-state index in [2.05, 4.69) is 91.5 Å². The Hall–Kier alpha value is -4.71. The van der Waals surface area contributed by atoms with Crippen molar-refractivity contribution in [2.45, 2.75) is 27.1 Å². The van der Waals surface area contributed by atoms with E-state index in [4.69, 9.17) is 5.10 Å². The molecule has 0 aliphatic heterocycles. The molecule has 0 unspecified atom stereocenters. The van der Waals surface area contributed by atoms with Crippen molar-refractivity contribution in [2.75, 3.05) is 9.91 Å². The number of rotatable bonds is 9. The Balaban J connectivity index is 1.46. The van der Waals surface area contributed by atoms with Crippen LogP contribution in [0.25, 0.3) is 0 Å². The summed E-state index contributed by atoms with van der Waals surface area (Å²) in [5, 5.41) is 25.6. The van der Waals surface area contributed by atoms with E-state index in [1.54, 1.807) is 0 Å². The summed E-state index contributed by atoms with van der Waals surface area (Å²) in [6.45, 7) is 4.17.